The predicted molar refractivity (Wildman–Crippen MR) is 76.4 cm³/mol. The van der Waals surface area contributed by atoms with Crippen molar-refractivity contribution in [1.29, 1.82) is 0 Å². The fourth-order valence-electron chi connectivity index (χ4n) is 1.69. The first kappa shape index (κ1) is 14.2. The number of halogens is 1. The predicted octanol–water partition coefficient (Wildman–Crippen LogP) is 2.09. The molecule has 0 atom stereocenters. The van der Waals surface area contributed by atoms with E-state index < -0.39 is 10.0 Å². The monoisotopic (exact) mass is 343 g/mol. The fraction of sp³-hybridized carbons (Fsp3) is 0.250. The van der Waals surface area contributed by atoms with Crippen molar-refractivity contribution in [2.24, 2.45) is 0 Å². The van der Waals surface area contributed by atoms with E-state index in [4.69, 9.17) is 0 Å². The van der Waals surface area contributed by atoms with Gasteiger partial charge in [-0.1, -0.05) is 40.2 Å². The number of alkyl halides is 1. The highest BCUT2D eigenvalue weighted by Gasteiger charge is 2.17. The van der Waals surface area contributed by atoms with E-state index in [1.165, 1.54) is 6.20 Å². The maximum atomic E-state index is 12.1. The Morgan fingerprint density at radius 3 is 2.74 bits per heavy atom. The lowest BCUT2D eigenvalue weighted by Gasteiger charge is -2.07. The van der Waals surface area contributed by atoms with Gasteiger partial charge in [0.25, 0.3) is 0 Å². The summed E-state index contributed by atoms with van der Waals surface area (Å²) in [6, 6.07) is 7.73. The number of aromatic nitrogens is 2. The molecule has 0 aliphatic rings. The zero-order valence-corrected chi connectivity index (χ0v) is 12.8. The molecule has 2 aromatic rings. The van der Waals surface area contributed by atoms with Crippen molar-refractivity contribution in [2.45, 2.75) is 23.7 Å². The van der Waals surface area contributed by atoms with E-state index in [1.54, 1.807) is 6.92 Å². The highest BCUT2D eigenvalue weighted by Crippen LogP contribution is 2.13. The van der Waals surface area contributed by atoms with Crippen molar-refractivity contribution in [3.05, 3.63) is 47.3 Å². The molecular weight excluding hydrogens is 330 g/mol. The van der Waals surface area contributed by atoms with Gasteiger partial charge in [-0.15, -0.1) is 0 Å². The van der Waals surface area contributed by atoms with Crippen LogP contribution < -0.4 is 4.72 Å². The van der Waals surface area contributed by atoms with Crippen molar-refractivity contribution < 1.29 is 8.42 Å². The fourth-order valence-corrected chi connectivity index (χ4v) is 3.19. The highest BCUT2D eigenvalue weighted by atomic mass is 79.9. The van der Waals surface area contributed by atoms with Gasteiger partial charge < -0.3 is 0 Å². The van der Waals surface area contributed by atoms with Crippen LogP contribution in [0, 0.1) is 6.92 Å². The molecule has 102 valence electrons. The smallest absolute Gasteiger partial charge is 0.244 e. The van der Waals surface area contributed by atoms with Crippen molar-refractivity contribution in [3.8, 4) is 0 Å². The number of hydrogen-bond acceptors (Lipinski definition) is 3. The van der Waals surface area contributed by atoms with E-state index in [0.717, 1.165) is 16.5 Å². The van der Waals surface area contributed by atoms with Gasteiger partial charge in [0.2, 0.25) is 10.0 Å². The van der Waals surface area contributed by atoms with E-state index >= 15 is 0 Å². The number of aromatic amines is 1. The number of H-pyrrole nitrogens is 1. The Labute approximate surface area is 120 Å². The molecule has 0 aliphatic heterocycles. The lowest BCUT2D eigenvalue weighted by atomic mass is 10.1. The molecule has 2 rings (SSSR count). The molecule has 1 heterocycles. The Kier molecular flexibility index (Phi) is 4.38. The van der Waals surface area contributed by atoms with Gasteiger partial charge in [-0.05, 0) is 18.1 Å². The average molecular weight is 344 g/mol. The summed E-state index contributed by atoms with van der Waals surface area (Å²) in [6.07, 6.45) is 1.31. The molecule has 2 N–H and O–H groups in total. The molecule has 0 bridgehead atoms. The first-order chi connectivity index (χ1) is 9.03. The highest BCUT2D eigenvalue weighted by molar-refractivity contribution is 9.08. The van der Waals surface area contributed by atoms with E-state index in [9.17, 15) is 8.42 Å². The first-order valence-corrected chi connectivity index (χ1v) is 8.27. The number of rotatable bonds is 5. The Bertz CT molecular complexity index is 667. The van der Waals surface area contributed by atoms with Crippen LogP contribution in [0.25, 0.3) is 0 Å². The van der Waals surface area contributed by atoms with E-state index in [0.29, 0.717) is 5.69 Å². The number of aryl methyl sites for hydroxylation is 1. The summed E-state index contributed by atoms with van der Waals surface area (Å²) in [5.74, 6) is 0. The quantitative estimate of drug-likeness (QED) is 0.816. The summed E-state index contributed by atoms with van der Waals surface area (Å²) in [6.45, 7) is 1.93. The summed E-state index contributed by atoms with van der Waals surface area (Å²) >= 11 is 3.37. The molecule has 0 saturated heterocycles. The SMILES string of the molecule is Cc1[nH]ncc1S(=O)(=O)NCc1cccc(CBr)c1. The Morgan fingerprint density at radius 2 is 2.11 bits per heavy atom. The van der Waals surface area contributed by atoms with Crippen molar-refractivity contribution in [2.75, 3.05) is 0 Å². The topological polar surface area (TPSA) is 74.8 Å². The largest absolute Gasteiger partial charge is 0.281 e. The zero-order chi connectivity index (χ0) is 13.9. The van der Waals surface area contributed by atoms with Gasteiger partial charge in [0.15, 0.2) is 0 Å². The third-order valence-corrected chi connectivity index (χ3v) is 4.85. The maximum Gasteiger partial charge on any atom is 0.244 e. The summed E-state index contributed by atoms with van der Waals surface area (Å²) in [7, 11) is -3.52. The molecule has 0 spiro atoms. The minimum absolute atomic E-state index is 0.184. The van der Waals surface area contributed by atoms with Gasteiger partial charge in [0, 0.05) is 11.9 Å². The minimum atomic E-state index is -3.52. The van der Waals surface area contributed by atoms with Gasteiger partial charge in [0.1, 0.15) is 4.90 Å². The second-order valence-corrected chi connectivity index (χ2v) is 6.43. The van der Waals surface area contributed by atoms with Crippen LogP contribution >= 0.6 is 15.9 Å². The molecule has 0 unspecified atom stereocenters. The third kappa shape index (κ3) is 3.43. The second kappa shape index (κ2) is 5.85. The Balaban J connectivity index is 2.12. The van der Waals surface area contributed by atoms with Crippen LogP contribution in [-0.2, 0) is 21.9 Å². The molecule has 1 aromatic heterocycles. The molecule has 0 amide bonds. The van der Waals surface area contributed by atoms with Crippen LogP contribution in [0.3, 0.4) is 0 Å². The van der Waals surface area contributed by atoms with Crippen LogP contribution in [0.15, 0.2) is 35.4 Å². The number of nitrogens with zero attached hydrogens (tertiary/aromatic N) is 1. The van der Waals surface area contributed by atoms with Gasteiger partial charge in [-0.2, -0.15) is 5.10 Å². The standard InChI is InChI=1S/C12H14BrN3O2S/c1-9-12(8-14-16-9)19(17,18)15-7-11-4-2-3-10(5-11)6-13/h2-5,8,15H,6-7H2,1H3,(H,14,16). The third-order valence-electron chi connectivity index (χ3n) is 2.69. The number of benzene rings is 1. The summed E-state index contributed by atoms with van der Waals surface area (Å²) in [5, 5.41) is 7.08. The Morgan fingerprint density at radius 1 is 1.37 bits per heavy atom. The molecule has 19 heavy (non-hydrogen) atoms. The van der Waals surface area contributed by atoms with Crippen molar-refractivity contribution in [3.63, 3.8) is 0 Å². The first-order valence-electron chi connectivity index (χ1n) is 5.66. The average Bonchev–Trinajstić information content (AvgIpc) is 2.84. The molecule has 1 aromatic carbocycles. The van der Waals surface area contributed by atoms with Gasteiger partial charge in [-0.25, -0.2) is 13.1 Å². The Hall–Kier alpha value is -1.18. The molecule has 0 fully saturated rings. The van der Waals surface area contributed by atoms with Crippen LogP contribution in [0.1, 0.15) is 16.8 Å². The van der Waals surface area contributed by atoms with Crippen LogP contribution in [0.2, 0.25) is 0 Å². The minimum Gasteiger partial charge on any atom is -0.281 e. The molecule has 0 radical (unpaired) electrons. The summed E-state index contributed by atoms with van der Waals surface area (Å²) < 4.78 is 26.7. The molecule has 0 aliphatic carbocycles. The van der Waals surface area contributed by atoms with Gasteiger partial charge >= 0.3 is 0 Å². The zero-order valence-electron chi connectivity index (χ0n) is 10.4. The number of nitrogens with one attached hydrogen (secondary N) is 2. The molecule has 7 heteroatoms. The van der Waals surface area contributed by atoms with E-state index in [2.05, 4.69) is 30.8 Å². The summed E-state index contributed by atoms with van der Waals surface area (Å²) in [5.41, 5.74) is 2.56. The van der Waals surface area contributed by atoms with Crippen LogP contribution in [-0.4, -0.2) is 18.6 Å². The van der Waals surface area contributed by atoms with Gasteiger partial charge in [0.05, 0.1) is 11.9 Å². The summed E-state index contributed by atoms with van der Waals surface area (Å²) in [4.78, 5) is 0.184. The number of sulfonamides is 1. The van der Waals surface area contributed by atoms with Gasteiger partial charge in [-0.3, -0.25) is 5.10 Å². The molecule has 0 saturated carbocycles. The van der Waals surface area contributed by atoms with E-state index in [1.807, 2.05) is 24.3 Å². The lowest BCUT2D eigenvalue weighted by molar-refractivity contribution is 0.580. The van der Waals surface area contributed by atoms with Crippen molar-refractivity contribution in [1.82, 2.24) is 14.9 Å². The molecule has 5 nitrogen and oxygen atoms in total. The number of hydrogen-bond donors (Lipinski definition) is 2. The van der Waals surface area contributed by atoms with Crippen molar-refractivity contribution >= 4 is 26.0 Å². The second-order valence-electron chi connectivity index (χ2n) is 4.14. The van der Waals surface area contributed by atoms with Crippen LogP contribution in [0.4, 0.5) is 0 Å². The normalized spacial score (nSPS) is 11.7. The van der Waals surface area contributed by atoms with E-state index in [-0.39, 0.29) is 11.4 Å². The molecular formula is C12H14BrN3O2S. The lowest BCUT2D eigenvalue weighted by Crippen LogP contribution is -2.23. The maximum absolute atomic E-state index is 12.1. The van der Waals surface area contributed by atoms with Crippen LogP contribution in [0.5, 0.6) is 0 Å².